The lowest BCUT2D eigenvalue weighted by atomic mass is 10.2. The summed E-state index contributed by atoms with van der Waals surface area (Å²) in [4.78, 5) is 43.4. The molecule has 3 aromatic carbocycles. The van der Waals surface area contributed by atoms with E-state index in [2.05, 4.69) is 10.5 Å². The molecule has 0 saturated carbocycles. The smallest absolute Gasteiger partial charge is 0.318 e. The van der Waals surface area contributed by atoms with Gasteiger partial charge in [0.05, 0.1) is 34.2 Å². The van der Waals surface area contributed by atoms with Crippen LogP contribution in [0.3, 0.4) is 0 Å². The van der Waals surface area contributed by atoms with Crippen LogP contribution in [0.15, 0.2) is 70.2 Å². The molecule has 1 heterocycles. The van der Waals surface area contributed by atoms with Crippen LogP contribution in [0, 0.1) is 30.3 Å². The average molecular weight is 521 g/mol. The van der Waals surface area contributed by atoms with Crippen molar-refractivity contribution >= 4 is 40.2 Å². The molecule has 15 nitrogen and oxygen atoms in total. The minimum Gasteiger partial charge on any atom is -0.493 e. The minimum absolute atomic E-state index is 0.0852. The maximum atomic E-state index is 12.4. The summed E-state index contributed by atoms with van der Waals surface area (Å²) in [5.74, 6) is -0.793. The Bertz CT molecular complexity index is 1630. The highest BCUT2D eigenvalue weighted by molar-refractivity contribution is 5.97. The number of hydrogen-bond acceptors (Lipinski definition) is 11. The fraction of sp³-hybridized carbons (Fsp3) is 0.0435. The van der Waals surface area contributed by atoms with Crippen LogP contribution in [-0.2, 0) is 0 Å². The van der Waals surface area contributed by atoms with E-state index in [-0.39, 0.29) is 28.7 Å². The van der Waals surface area contributed by atoms with Gasteiger partial charge in [-0.25, -0.2) is 5.43 Å². The monoisotopic (exact) mass is 521 g/mol. The number of nitro groups is 3. The van der Waals surface area contributed by atoms with Crippen LogP contribution in [0.5, 0.6) is 17.2 Å². The number of nitrogens with zero attached hydrogens (tertiary/aromatic N) is 4. The number of benzene rings is 3. The third-order valence-corrected chi connectivity index (χ3v) is 5.07. The molecule has 0 saturated heterocycles. The van der Waals surface area contributed by atoms with Gasteiger partial charge in [-0.2, -0.15) is 5.10 Å². The summed E-state index contributed by atoms with van der Waals surface area (Å²) in [5.41, 5.74) is 1.80. The van der Waals surface area contributed by atoms with Gasteiger partial charge in [0.1, 0.15) is 5.58 Å². The Hall–Kier alpha value is -5.86. The van der Waals surface area contributed by atoms with Crippen molar-refractivity contribution < 1.29 is 33.5 Å². The van der Waals surface area contributed by atoms with Crippen molar-refractivity contribution in [1.82, 2.24) is 5.43 Å². The number of hydrazone groups is 1. The zero-order chi connectivity index (χ0) is 27.4. The number of amides is 1. The van der Waals surface area contributed by atoms with Crippen molar-refractivity contribution in [3.05, 3.63) is 102 Å². The molecule has 1 N–H and O–H groups in total. The third kappa shape index (κ3) is 5.35. The Morgan fingerprint density at radius 3 is 2.24 bits per heavy atom. The maximum Gasteiger partial charge on any atom is 0.318 e. The summed E-state index contributed by atoms with van der Waals surface area (Å²) in [6.07, 6.45) is 1.28. The van der Waals surface area contributed by atoms with Gasteiger partial charge in [0.25, 0.3) is 11.4 Å². The van der Waals surface area contributed by atoms with Crippen molar-refractivity contribution in [2.75, 3.05) is 7.11 Å². The first kappa shape index (κ1) is 25.2. The number of methoxy groups -OCH3 is 1. The molecule has 1 aromatic heterocycles. The second kappa shape index (κ2) is 10.4. The molecule has 4 rings (SSSR count). The van der Waals surface area contributed by atoms with E-state index in [1.165, 1.54) is 55.8 Å². The first-order valence-electron chi connectivity index (χ1n) is 10.5. The molecular weight excluding hydrogens is 506 g/mol. The lowest BCUT2D eigenvalue weighted by Crippen LogP contribution is -2.16. The second-order valence-corrected chi connectivity index (χ2v) is 7.47. The Balaban J connectivity index is 1.48. The molecule has 15 heteroatoms. The number of non-ortho nitro benzene ring substituents is 2. The van der Waals surface area contributed by atoms with Crippen LogP contribution in [0.2, 0.25) is 0 Å². The van der Waals surface area contributed by atoms with Gasteiger partial charge in [0, 0.05) is 23.6 Å². The third-order valence-electron chi connectivity index (χ3n) is 5.07. The Morgan fingerprint density at radius 1 is 0.868 bits per heavy atom. The topological polar surface area (TPSA) is 202 Å². The summed E-state index contributed by atoms with van der Waals surface area (Å²) in [6, 6.07) is 12.7. The van der Waals surface area contributed by atoms with Crippen molar-refractivity contribution in [2.45, 2.75) is 0 Å². The summed E-state index contributed by atoms with van der Waals surface area (Å²) in [5, 5.41) is 37.4. The zero-order valence-electron chi connectivity index (χ0n) is 19.2. The van der Waals surface area contributed by atoms with Gasteiger partial charge in [-0.15, -0.1) is 0 Å². The van der Waals surface area contributed by atoms with E-state index < -0.39 is 32.1 Å². The van der Waals surface area contributed by atoms with Crippen LogP contribution in [0.25, 0.3) is 11.0 Å². The van der Waals surface area contributed by atoms with Gasteiger partial charge in [-0.3, -0.25) is 35.1 Å². The summed E-state index contributed by atoms with van der Waals surface area (Å²) in [6.45, 7) is 0. The highest BCUT2D eigenvalue weighted by atomic mass is 16.6. The van der Waals surface area contributed by atoms with Gasteiger partial charge in [-0.05, 0) is 42.0 Å². The molecule has 0 bridgehead atoms. The van der Waals surface area contributed by atoms with Gasteiger partial charge in [-0.1, -0.05) is 0 Å². The molecule has 38 heavy (non-hydrogen) atoms. The fourth-order valence-electron chi connectivity index (χ4n) is 3.29. The molecule has 0 unspecified atom stereocenters. The number of ether oxygens (including phenoxy) is 2. The normalized spacial score (nSPS) is 10.9. The summed E-state index contributed by atoms with van der Waals surface area (Å²) in [7, 11) is 1.33. The lowest BCUT2D eigenvalue weighted by Gasteiger charge is -2.11. The zero-order valence-corrected chi connectivity index (χ0v) is 19.2. The summed E-state index contributed by atoms with van der Waals surface area (Å²) >= 11 is 0. The quantitative estimate of drug-likeness (QED) is 0.182. The number of fused-ring (bicyclic) bond motifs is 1. The predicted molar refractivity (Wildman–Crippen MR) is 131 cm³/mol. The molecule has 0 aliphatic heterocycles. The van der Waals surface area contributed by atoms with Crippen molar-refractivity contribution in [3.63, 3.8) is 0 Å². The van der Waals surface area contributed by atoms with Crippen molar-refractivity contribution in [2.24, 2.45) is 5.10 Å². The fourth-order valence-corrected chi connectivity index (χ4v) is 3.29. The largest absolute Gasteiger partial charge is 0.493 e. The minimum atomic E-state index is -0.804. The van der Waals surface area contributed by atoms with Crippen LogP contribution in [0.4, 0.5) is 17.1 Å². The number of hydrogen-bond donors (Lipinski definition) is 1. The molecule has 0 aliphatic rings. The first-order valence-corrected chi connectivity index (χ1v) is 10.5. The molecule has 0 radical (unpaired) electrons. The number of rotatable bonds is 9. The van der Waals surface area contributed by atoms with Gasteiger partial charge in [0.15, 0.2) is 17.3 Å². The lowest BCUT2D eigenvalue weighted by molar-refractivity contribution is -0.394. The Morgan fingerprint density at radius 2 is 1.55 bits per heavy atom. The molecule has 4 aromatic rings. The molecule has 0 aliphatic carbocycles. The van der Waals surface area contributed by atoms with Crippen LogP contribution in [-0.4, -0.2) is 34.0 Å². The molecule has 192 valence electrons. The molecule has 0 atom stereocenters. The van der Waals surface area contributed by atoms with Gasteiger partial charge < -0.3 is 13.9 Å². The number of carbonyl (C=O) groups is 1. The van der Waals surface area contributed by atoms with E-state index in [9.17, 15) is 35.1 Å². The van der Waals surface area contributed by atoms with Crippen LogP contribution < -0.4 is 14.9 Å². The number of furan rings is 1. The molecule has 0 spiro atoms. The Labute approximate surface area is 211 Å². The number of carbonyl (C=O) groups excluding carboxylic acids is 1. The van der Waals surface area contributed by atoms with Crippen LogP contribution >= 0.6 is 0 Å². The first-order chi connectivity index (χ1) is 18.2. The van der Waals surface area contributed by atoms with Crippen LogP contribution in [0.1, 0.15) is 16.1 Å². The van der Waals surface area contributed by atoms with E-state index in [1.54, 1.807) is 0 Å². The second-order valence-electron chi connectivity index (χ2n) is 7.47. The van der Waals surface area contributed by atoms with E-state index >= 15 is 0 Å². The van der Waals surface area contributed by atoms with Crippen molar-refractivity contribution in [1.29, 1.82) is 0 Å². The SMILES string of the molecule is COc1cc(/C=N\NC(=O)c2cc3cc([N+](=O)[O-])ccc3o2)ccc1Oc1ccc([N+](=O)[O-])cc1[N+](=O)[O-]. The van der Waals surface area contributed by atoms with Gasteiger partial charge >= 0.3 is 11.6 Å². The standard InChI is InChI=1S/C23H15N5O10/c1-36-21-8-13(2-5-20(21)38-19-7-4-16(27(32)33)11-17(19)28(34)35)12-24-25-23(29)22-10-14-9-15(26(30)31)3-6-18(14)37-22/h2-12H,1H3,(H,25,29)/b24-12-. The molecule has 1 amide bonds. The number of nitro benzene ring substituents is 3. The molecule has 0 fully saturated rings. The average Bonchev–Trinajstić information content (AvgIpc) is 3.33. The molecular formula is C23H15N5O10. The van der Waals surface area contributed by atoms with E-state index in [0.717, 1.165) is 18.2 Å². The van der Waals surface area contributed by atoms with Crippen molar-refractivity contribution in [3.8, 4) is 17.2 Å². The Kier molecular flexibility index (Phi) is 6.91. The highest BCUT2D eigenvalue weighted by Crippen LogP contribution is 2.38. The van der Waals surface area contributed by atoms with E-state index in [4.69, 9.17) is 13.9 Å². The maximum absolute atomic E-state index is 12.4. The van der Waals surface area contributed by atoms with E-state index in [1.807, 2.05) is 0 Å². The highest BCUT2D eigenvalue weighted by Gasteiger charge is 2.22. The number of nitrogens with one attached hydrogen (secondary N) is 1. The van der Waals surface area contributed by atoms with E-state index in [0.29, 0.717) is 16.5 Å². The summed E-state index contributed by atoms with van der Waals surface area (Å²) < 4.78 is 16.2. The predicted octanol–water partition coefficient (Wildman–Crippen LogP) is 4.72. The van der Waals surface area contributed by atoms with Gasteiger partial charge in [0.2, 0.25) is 5.75 Å².